The molecule has 1 saturated carbocycles. The van der Waals surface area contributed by atoms with Crippen LogP contribution in [0.4, 0.5) is 11.4 Å². The molecular formula is C21H25N3O5S. The monoisotopic (exact) mass is 431 g/mol. The van der Waals surface area contributed by atoms with E-state index in [1.807, 2.05) is 0 Å². The van der Waals surface area contributed by atoms with Crippen LogP contribution in [0, 0.1) is 17.0 Å². The molecule has 160 valence electrons. The minimum atomic E-state index is -3.86. The zero-order chi connectivity index (χ0) is 21.7. The van der Waals surface area contributed by atoms with E-state index in [0.29, 0.717) is 24.1 Å². The maximum atomic E-state index is 13.3. The Morgan fingerprint density at radius 1 is 1.13 bits per heavy atom. The van der Waals surface area contributed by atoms with Crippen LogP contribution in [0.1, 0.15) is 37.7 Å². The molecule has 0 heterocycles. The molecule has 0 aliphatic heterocycles. The average Bonchev–Trinajstić information content (AvgIpc) is 2.74. The Labute approximate surface area is 176 Å². The minimum absolute atomic E-state index is 0.142. The number of nitrogens with one attached hydrogen (secondary N) is 1. The second-order valence-corrected chi connectivity index (χ2v) is 9.35. The van der Waals surface area contributed by atoms with Crippen LogP contribution in [0.3, 0.4) is 0 Å². The van der Waals surface area contributed by atoms with Gasteiger partial charge in [0.25, 0.3) is 5.69 Å². The Morgan fingerprint density at radius 2 is 1.80 bits per heavy atom. The number of nitro groups is 1. The molecule has 1 fully saturated rings. The predicted molar refractivity (Wildman–Crippen MR) is 114 cm³/mol. The summed E-state index contributed by atoms with van der Waals surface area (Å²) in [6, 6.07) is 12.0. The van der Waals surface area contributed by atoms with Crippen LogP contribution < -0.4 is 5.32 Å². The predicted octanol–water partition coefficient (Wildman–Crippen LogP) is 3.87. The van der Waals surface area contributed by atoms with Crippen LogP contribution >= 0.6 is 0 Å². The normalized spacial score (nSPS) is 15.1. The summed E-state index contributed by atoms with van der Waals surface area (Å²) in [6.45, 7) is 1.38. The molecule has 0 atom stereocenters. The summed E-state index contributed by atoms with van der Waals surface area (Å²) >= 11 is 0. The highest BCUT2D eigenvalue weighted by Gasteiger charge is 2.34. The fourth-order valence-corrected chi connectivity index (χ4v) is 5.36. The van der Waals surface area contributed by atoms with E-state index >= 15 is 0 Å². The minimum Gasteiger partial charge on any atom is -0.324 e. The first-order chi connectivity index (χ1) is 14.3. The van der Waals surface area contributed by atoms with E-state index in [9.17, 15) is 23.3 Å². The van der Waals surface area contributed by atoms with E-state index in [2.05, 4.69) is 5.32 Å². The molecule has 8 nitrogen and oxygen atoms in total. The number of carbonyl (C=O) groups is 1. The van der Waals surface area contributed by atoms with Gasteiger partial charge in [-0.05, 0) is 37.5 Å². The molecule has 0 saturated heterocycles. The standard InChI is InChI=1S/C21H25N3O5S/c1-16-12-13-18(24(26)27)14-20(16)22-21(25)15-23(17-8-4-2-5-9-17)30(28,29)19-10-6-3-7-11-19/h3,6-7,10-14,17H,2,4-5,8-9,15H2,1H3,(H,22,25). The molecule has 9 heteroatoms. The first kappa shape index (κ1) is 21.9. The molecule has 3 rings (SSSR count). The van der Waals surface area contributed by atoms with Gasteiger partial charge < -0.3 is 5.32 Å². The Bertz CT molecular complexity index is 1020. The maximum absolute atomic E-state index is 13.3. The lowest BCUT2D eigenvalue weighted by Gasteiger charge is -2.33. The zero-order valence-corrected chi connectivity index (χ0v) is 17.6. The second kappa shape index (κ2) is 9.36. The number of benzene rings is 2. The summed E-state index contributed by atoms with van der Waals surface area (Å²) in [6.07, 6.45) is 4.29. The summed E-state index contributed by atoms with van der Waals surface area (Å²) in [7, 11) is -3.86. The van der Waals surface area contributed by atoms with Crippen molar-refractivity contribution in [3.63, 3.8) is 0 Å². The SMILES string of the molecule is Cc1ccc([N+](=O)[O-])cc1NC(=O)CN(C1CCCCC1)S(=O)(=O)c1ccccc1. The summed E-state index contributed by atoms with van der Waals surface area (Å²) in [4.78, 5) is 23.4. The van der Waals surface area contributed by atoms with Gasteiger partial charge in [-0.1, -0.05) is 43.5 Å². The molecule has 1 N–H and O–H groups in total. The Morgan fingerprint density at radius 3 is 2.43 bits per heavy atom. The van der Waals surface area contributed by atoms with Gasteiger partial charge in [0.15, 0.2) is 0 Å². The fourth-order valence-electron chi connectivity index (χ4n) is 3.70. The molecule has 1 aliphatic carbocycles. The quantitative estimate of drug-likeness (QED) is 0.529. The smallest absolute Gasteiger partial charge is 0.271 e. The Kier molecular flexibility index (Phi) is 6.84. The summed E-state index contributed by atoms with van der Waals surface area (Å²) < 4.78 is 27.9. The number of non-ortho nitro benzene ring substituents is 1. The van der Waals surface area contributed by atoms with Crippen LogP contribution in [-0.2, 0) is 14.8 Å². The van der Waals surface area contributed by atoms with Crippen LogP contribution in [0.2, 0.25) is 0 Å². The number of hydrogen-bond donors (Lipinski definition) is 1. The Balaban J connectivity index is 1.85. The summed E-state index contributed by atoms with van der Waals surface area (Å²) in [5.74, 6) is -0.524. The number of nitrogens with zero attached hydrogens (tertiary/aromatic N) is 2. The first-order valence-electron chi connectivity index (χ1n) is 9.91. The molecule has 0 bridgehead atoms. The third-order valence-electron chi connectivity index (χ3n) is 5.34. The van der Waals surface area contributed by atoms with E-state index in [1.165, 1.54) is 28.6 Å². The van der Waals surface area contributed by atoms with Gasteiger partial charge in [-0.2, -0.15) is 4.31 Å². The number of sulfonamides is 1. The van der Waals surface area contributed by atoms with Gasteiger partial charge in [-0.15, -0.1) is 0 Å². The van der Waals surface area contributed by atoms with Crippen molar-refractivity contribution in [3.8, 4) is 0 Å². The van der Waals surface area contributed by atoms with Crippen molar-refractivity contribution in [2.24, 2.45) is 0 Å². The highest BCUT2D eigenvalue weighted by atomic mass is 32.2. The van der Waals surface area contributed by atoms with E-state index in [0.717, 1.165) is 19.3 Å². The van der Waals surface area contributed by atoms with E-state index in [1.54, 1.807) is 31.2 Å². The fraction of sp³-hybridized carbons (Fsp3) is 0.381. The van der Waals surface area contributed by atoms with Gasteiger partial charge in [-0.3, -0.25) is 14.9 Å². The number of aryl methyl sites for hydroxylation is 1. The number of amides is 1. The maximum Gasteiger partial charge on any atom is 0.271 e. The lowest BCUT2D eigenvalue weighted by molar-refractivity contribution is -0.384. The number of carbonyl (C=O) groups excluding carboxylic acids is 1. The molecule has 0 radical (unpaired) electrons. The van der Waals surface area contributed by atoms with Crippen LogP contribution in [0.5, 0.6) is 0 Å². The van der Waals surface area contributed by atoms with Crippen LogP contribution in [-0.4, -0.2) is 36.1 Å². The number of nitro benzene ring substituents is 1. The lowest BCUT2D eigenvalue weighted by Crippen LogP contribution is -2.45. The highest BCUT2D eigenvalue weighted by molar-refractivity contribution is 7.89. The summed E-state index contributed by atoms with van der Waals surface area (Å²) in [5, 5.41) is 13.7. The third-order valence-corrected chi connectivity index (χ3v) is 7.25. The lowest BCUT2D eigenvalue weighted by atomic mass is 9.95. The topological polar surface area (TPSA) is 110 Å². The largest absolute Gasteiger partial charge is 0.324 e. The van der Waals surface area contributed by atoms with Gasteiger partial charge in [0, 0.05) is 18.2 Å². The molecule has 0 aromatic heterocycles. The van der Waals surface area contributed by atoms with Crippen molar-refractivity contribution in [2.75, 3.05) is 11.9 Å². The van der Waals surface area contributed by atoms with Crippen molar-refractivity contribution in [1.82, 2.24) is 4.31 Å². The molecule has 0 unspecified atom stereocenters. The van der Waals surface area contributed by atoms with Crippen molar-refractivity contribution in [3.05, 3.63) is 64.2 Å². The van der Waals surface area contributed by atoms with Crippen LogP contribution in [0.15, 0.2) is 53.4 Å². The molecular weight excluding hydrogens is 406 g/mol. The first-order valence-corrected chi connectivity index (χ1v) is 11.3. The van der Waals surface area contributed by atoms with Gasteiger partial charge in [0.1, 0.15) is 0 Å². The molecule has 0 spiro atoms. The molecule has 1 aliphatic rings. The van der Waals surface area contributed by atoms with Gasteiger partial charge in [0.2, 0.25) is 15.9 Å². The van der Waals surface area contributed by atoms with Crippen molar-refractivity contribution >= 4 is 27.3 Å². The van der Waals surface area contributed by atoms with Gasteiger partial charge in [0.05, 0.1) is 22.1 Å². The number of anilines is 1. The molecule has 1 amide bonds. The van der Waals surface area contributed by atoms with Gasteiger partial charge >= 0.3 is 0 Å². The van der Waals surface area contributed by atoms with Crippen molar-refractivity contribution in [2.45, 2.75) is 50.0 Å². The number of rotatable bonds is 7. The Hall–Kier alpha value is -2.78. The van der Waals surface area contributed by atoms with E-state index in [4.69, 9.17) is 0 Å². The van der Waals surface area contributed by atoms with E-state index in [-0.39, 0.29) is 23.2 Å². The van der Waals surface area contributed by atoms with Crippen molar-refractivity contribution < 1.29 is 18.1 Å². The number of hydrogen-bond acceptors (Lipinski definition) is 5. The van der Waals surface area contributed by atoms with Crippen LogP contribution in [0.25, 0.3) is 0 Å². The van der Waals surface area contributed by atoms with E-state index < -0.39 is 20.9 Å². The molecule has 2 aromatic rings. The van der Waals surface area contributed by atoms with Gasteiger partial charge in [-0.25, -0.2) is 8.42 Å². The molecule has 30 heavy (non-hydrogen) atoms. The highest BCUT2D eigenvalue weighted by Crippen LogP contribution is 2.28. The zero-order valence-electron chi connectivity index (χ0n) is 16.8. The molecule has 2 aromatic carbocycles. The average molecular weight is 432 g/mol. The second-order valence-electron chi connectivity index (χ2n) is 7.46. The third kappa shape index (κ3) is 5.03. The van der Waals surface area contributed by atoms with Crippen molar-refractivity contribution in [1.29, 1.82) is 0 Å². The summed E-state index contributed by atoms with van der Waals surface area (Å²) in [5.41, 5.74) is 0.816.